The molecule has 1 N–H and O–H groups in total. The molecule has 0 saturated heterocycles. The van der Waals surface area contributed by atoms with Gasteiger partial charge in [0.1, 0.15) is 0 Å². The lowest BCUT2D eigenvalue weighted by atomic mass is 10.2. The molecular weight excluding hydrogens is 246 g/mol. The number of rotatable bonds is 10. The molecule has 0 amide bonds. The smallest absolute Gasteiger partial charge is 0.0639 e. The van der Waals surface area contributed by atoms with E-state index in [0.29, 0.717) is 0 Å². The third-order valence-electron chi connectivity index (χ3n) is 2.83. The average Bonchev–Trinajstić information content (AvgIpc) is 2.39. The second-order valence-corrected chi connectivity index (χ2v) is 4.84. The Hall–Kier alpha value is -0.730. The summed E-state index contributed by atoms with van der Waals surface area (Å²) in [5.41, 5.74) is 0.978. The molecule has 1 aromatic rings. The van der Waals surface area contributed by atoms with Crippen molar-refractivity contribution in [2.45, 2.75) is 39.0 Å². The van der Waals surface area contributed by atoms with Gasteiger partial charge in [-0.1, -0.05) is 56.3 Å². The molecule has 1 aromatic carbocycles. The molecule has 3 heteroatoms. The van der Waals surface area contributed by atoms with E-state index in [4.69, 9.17) is 16.3 Å². The number of ether oxygens (including phenoxy) is 1. The predicted octanol–water partition coefficient (Wildman–Crippen LogP) is 4.74. The molecule has 0 atom stereocenters. The first kappa shape index (κ1) is 15.3. The lowest BCUT2D eigenvalue weighted by molar-refractivity contribution is 0.139. The number of benzene rings is 1. The average molecular weight is 270 g/mol. The largest absolute Gasteiger partial charge is 0.382 e. The second-order valence-electron chi connectivity index (χ2n) is 4.43. The second kappa shape index (κ2) is 10.2. The Labute approximate surface area is 116 Å². The molecule has 2 nitrogen and oxygen atoms in total. The minimum atomic E-state index is 0.735. The van der Waals surface area contributed by atoms with Crippen molar-refractivity contribution < 1.29 is 4.74 Å². The highest BCUT2D eigenvalue weighted by molar-refractivity contribution is 6.33. The third kappa shape index (κ3) is 6.87. The molecule has 0 unspecified atom stereocenters. The zero-order chi connectivity index (χ0) is 13.1. The predicted molar refractivity (Wildman–Crippen MR) is 79.5 cm³/mol. The van der Waals surface area contributed by atoms with Gasteiger partial charge in [0.05, 0.1) is 17.3 Å². The van der Waals surface area contributed by atoms with Crippen molar-refractivity contribution in [1.82, 2.24) is 0 Å². The van der Waals surface area contributed by atoms with E-state index >= 15 is 0 Å². The SMILES string of the molecule is CCCCCCCOCCNc1ccccc1Cl. The number of hydrogen-bond donors (Lipinski definition) is 1. The van der Waals surface area contributed by atoms with Crippen LogP contribution in [0.1, 0.15) is 39.0 Å². The number of hydrogen-bond acceptors (Lipinski definition) is 2. The quantitative estimate of drug-likeness (QED) is 0.620. The van der Waals surface area contributed by atoms with Crippen LogP contribution < -0.4 is 5.32 Å². The Morgan fingerprint density at radius 2 is 1.83 bits per heavy atom. The van der Waals surface area contributed by atoms with Gasteiger partial charge in [-0.15, -0.1) is 0 Å². The van der Waals surface area contributed by atoms with E-state index in [2.05, 4.69) is 12.2 Å². The number of anilines is 1. The lowest BCUT2D eigenvalue weighted by Gasteiger charge is -2.08. The lowest BCUT2D eigenvalue weighted by Crippen LogP contribution is -2.10. The normalized spacial score (nSPS) is 10.6. The van der Waals surface area contributed by atoms with E-state index in [9.17, 15) is 0 Å². The summed E-state index contributed by atoms with van der Waals surface area (Å²) >= 11 is 6.03. The Bertz CT molecular complexity index is 317. The maximum atomic E-state index is 6.03. The van der Waals surface area contributed by atoms with E-state index < -0.39 is 0 Å². The van der Waals surface area contributed by atoms with Gasteiger partial charge in [0, 0.05) is 13.2 Å². The first-order valence-electron chi connectivity index (χ1n) is 6.90. The summed E-state index contributed by atoms with van der Waals surface area (Å²) in [6.45, 7) is 4.64. The van der Waals surface area contributed by atoms with Crippen LogP contribution in [0.2, 0.25) is 5.02 Å². The van der Waals surface area contributed by atoms with Crippen LogP contribution in [0.4, 0.5) is 5.69 Å². The number of para-hydroxylation sites is 1. The molecule has 0 aliphatic carbocycles. The maximum Gasteiger partial charge on any atom is 0.0639 e. The van der Waals surface area contributed by atoms with Gasteiger partial charge in [0.25, 0.3) is 0 Å². The highest BCUT2D eigenvalue weighted by Crippen LogP contribution is 2.19. The monoisotopic (exact) mass is 269 g/mol. The summed E-state index contributed by atoms with van der Waals surface area (Å²) < 4.78 is 5.57. The van der Waals surface area contributed by atoms with Crippen LogP contribution >= 0.6 is 11.6 Å². The van der Waals surface area contributed by atoms with Gasteiger partial charge in [-0.05, 0) is 18.6 Å². The molecule has 0 bridgehead atoms. The van der Waals surface area contributed by atoms with Crippen LogP contribution in [0, 0.1) is 0 Å². The summed E-state index contributed by atoms with van der Waals surface area (Å²) in [7, 11) is 0. The minimum Gasteiger partial charge on any atom is -0.382 e. The first-order valence-corrected chi connectivity index (χ1v) is 7.28. The molecule has 0 aliphatic rings. The molecular formula is C15H24ClNO. The van der Waals surface area contributed by atoms with Gasteiger partial charge in [-0.2, -0.15) is 0 Å². The van der Waals surface area contributed by atoms with Gasteiger partial charge in [-0.25, -0.2) is 0 Å². The number of unbranched alkanes of at least 4 members (excludes halogenated alkanes) is 4. The van der Waals surface area contributed by atoms with Gasteiger partial charge in [-0.3, -0.25) is 0 Å². The van der Waals surface area contributed by atoms with Gasteiger partial charge < -0.3 is 10.1 Å². The molecule has 0 spiro atoms. The fraction of sp³-hybridized carbons (Fsp3) is 0.600. The van der Waals surface area contributed by atoms with E-state index in [-0.39, 0.29) is 0 Å². The van der Waals surface area contributed by atoms with Crippen molar-refractivity contribution in [1.29, 1.82) is 0 Å². The number of halogens is 1. The van der Waals surface area contributed by atoms with Crippen LogP contribution in [0.25, 0.3) is 0 Å². The van der Waals surface area contributed by atoms with E-state index in [1.807, 2.05) is 24.3 Å². The maximum absolute atomic E-state index is 6.03. The summed E-state index contributed by atoms with van der Waals surface area (Å²) in [6, 6.07) is 7.77. The van der Waals surface area contributed by atoms with E-state index in [1.165, 1.54) is 32.1 Å². The Balaban J connectivity index is 1.94. The molecule has 0 aliphatic heterocycles. The van der Waals surface area contributed by atoms with Crippen LogP contribution in [0.15, 0.2) is 24.3 Å². The van der Waals surface area contributed by atoms with Crippen LogP contribution in [0.3, 0.4) is 0 Å². The van der Waals surface area contributed by atoms with Crippen molar-refractivity contribution in [3.8, 4) is 0 Å². The molecule has 18 heavy (non-hydrogen) atoms. The highest BCUT2D eigenvalue weighted by atomic mass is 35.5. The molecule has 0 saturated carbocycles. The first-order chi connectivity index (χ1) is 8.84. The highest BCUT2D eigenvalue weighted by Gasteiger charge is 1.96. The summed E-state index contributed by atoms with van der Waals surface area (Å²) in [6.07, 6.45) is 6.42. The molecule has 1 rings (SSSR count). The zero-order valence-electron chi connectivity index (χ0n) is 11.3. The van der Waals surface area contributed by atoms with Crippen molar-refractivity contribution in [2.24, 2.45) is 0 Å². The fourth-order valence-electron chi connectivity index (χ4n) is 1.77. The zero-order valence-corrected chi connectivity index (χ0v) is 12.0. The Kier molecular flexibility index (Phi) is 8.70. The van der Waals surface area contributed by atoms with Gasteiger partial charge in [0.15, 0.2) is 0 Å². The fourth-order valence-corrected chi connectivity index (χ4v) is 1.97. The topological polar surface area (TPSA) is 21.3 Å². The Morgan fingerprint density at radius 3 is 2.61 bits per heavy atom. The standard InChI is InChI=1S/C15H24ClNO/c1-2-3-4-5-8-12-18-13-11-17-15-10-7-6-9-14(15)16/h6-7,9-10,17H,2-5,8,11-13H2,1H3. The summed E-state index contributed by atoms with van der Waals surface area (Å²) in [4.78, 5) is 0. The Morgan fingerprint density at radius 1 is 1.06 bits per heavy atom. The molecule has 0 fully saturated rings. The van der Waals surface area contributed by atoms with Gasteiger partial charge in [0.2, 0.25) is 0 Å². The van der Waals surface area contributed by atoms with E-state index in [0.717, 1.165) is 30.5 Å². The van der Waals surface area contributed by atoms with Crippen molar-refractivity contribution in [2.75, 3.05) is 25.1 Å². The van der Waals surface area contributed by atoms with Crippen molar-refractivity contribution in [3.05, 3.63) is 29.3 Å². The minimum absolute atomic E-state index is 0.735. The molecule has 102 valence electrons. The van der Waals surface area contributed by atoms with Crippen molar-refractivity contribution >= 4 is 17.3 Å². The van der Waals surface area contributed by atoms with Crippen LogP contribution in [-0.4, -0.2) is 19.8 Å². The summed E-state index contributed by atoms with van der Waals surface area (Å²) in [5, 5.41) is 4.03. The van der Waals surface area contributed by atoms with E-state index in [1.54, 1.807) is 0 Å². The molecule has 0 heterocycles. The third-order valence-corrected chi connectivity index (χ3v) is 3.16. The molecule has 0 radical (unpaired) electrons. The molecule has 0 aromatic heterocycles. The number of nitrogens with one attached hydrogen (secondary N) is 1. The van der Waals surface area contributed by atoms with Crippen molar-refractivity contribution in [3.63, 3.8) is 0 Å². The van der Waals surface area contributed by atoms with Gasteiger partial charge >= 0.3 is 0 Å². The van der Waals surface area contributed by atoms with Crippen LogP contribution in [0.5, 0.6) is 0 Å². The summed E-state index contributed by atoms with van der Waals surface area (Å²) in [5.74, 6) is 0. The van der Waals surface area contributed by atoms with Crippen LogP contribution in [-0.2, 0) is 4.74 Å².